The Kier molecular flexibility index (Phi) is 4.25. The van der Waals surface area contributed by atoms with Gasteiger partial charge in [-0.25, -0.2) is 4.68 Å². The summed E-state index contributed by atoms with van der Waals surface area (Å²) >= 11 is 7.63. The van der Waals surface area contributed by atoms with Crippen molar-refractivity contribution < 1.29 is 0 Å². The molecule has 2 heterocycles. The molecule has 1 unspecified atom stereocenters. The highest BCUT2D eigenvalue weighted by Crippen LogP contribution is 2.24. The molecule has 0 spiro atoms. The molecule has 2 rings (SSSR count). The van der Waals surface area contributed by atoms with Crippen LogP contribution in [0.1, 0.15) is 17.8 Å². The summed E-state index contributed by atoms with van der Waals surface area (Å²) in [4.78, 5) is 13.3. The molecule has 0 amide bonds. The number of aromatic nitrogens is 2. The minimum Gasteiger partial charge on any atom is -0.372 e. The lowest BCUT2D eigenvalue weighted by Gasteiger charge is -2.14. The standard InChI is InChI=1S/C13H12ClN3OS/c1-3-6-17-13(18)12(10(14)8-15-17)16-9(2)11-5-4-7-19-11/h1,4-5,7-9,16H,6H2,2H3. The largest absolute Gasteiger partial charge is 0.372 e. The fourth-order valence-corrected chi connectivity index (χ4v) is 2.54. The van der Waals surface area contributed by atoms with Gasteiger partial charge in [0.2, 0.25) is 0 Å². The predicted molar refractivity (Wildman–Crippen MR) is 78.7 cm³/mol. The Bertz CT molecular complexity index is 658. The van der Waals surface area contributed by atoms with Gasteiger partial charge in [-0.2, -0.15) is 5.10 Å². The molecule has 1 atom stereocenters. The van der Waals surface area contributed by atoms with Gasteiger partial charge in [0.05, 0.1) is 17.3 Å². The van der Waals surface area contributed by atoms with Crippen LogP contribution >= 0.6 is 22.9 Å². The number of hydrogen-bond acceptors (Lipinski definition) is 4. The average Bonchev–Trinajstić information content (AvgIpc) is 2.92. The number of anilines is 1. The van der Waals surface area contributed by atoms with Crippen molar-refractivity contribution in [3.63, 3.8) is 0 Å². The second kappa shape index (κ2) is 5.91. The first kappa shape index (κ1) is 13.7. The number of hydrogen-bond donors (Lipinski definition) is 1. The predicted octanol–water partition coefficient (Wildman–Crippen LogP) is 2.76. The molecule has 4 nitrogen and oxygen atoms in total. The molecule has 1 N–H and O–H groups in total. The SMILES string of the molecule is C#CCn1ncc(Cl)c(NC(C)c2cccs2)c1=O. The summed E-state index contributed by atoms with van der Waals surface area (Å²) in [5.41, 5.74) is 0.0154. The quantitative estimate of drug-likeness (QED) is 0.882. The summed E-state index contributed by atoms with van der Waals surface area (Å²) in [7, 11) is 0. The van der Waals surface area contributed by atoms with Gasteiger partial charge in [0.15, 0.2) is 0 Å². The molecule has 2 aromatic rings. The molecule has 0 fully saturated rings. The molecule has 0 radical (unpaired) electrons. The molecule has 0 aliphatic heterocycles. The second-order valence-electron chi connectivity index (χ2n) is 3.92. The van der Waals surface area contributed by atoms with Gasteiger partial charge in [-0.15, -0.1) is 17.8 Å². The number of nitrogens with zero attached hydrogens (tertiary/aromatic N) is 2. The minimum absolute atomic E-state index is 0.00751. The van der Waals surface area contributed by atoms with Crippen LogP contribution in [0.2, 0.25) is 5.02 Å². The number of terminal acetylenes is 1. The lowest BCUT2D eigenvalue weighted by Crippen LogP contribution is -2.26. The van der Waals surface area contributed by atoms with Gasteiger partial charge < -0.3 is 5.32 Å². The van der Waals surface area contributed by atoms with E-state index in [4.69, 9.17) is 18.0 Å². The molecule has 0 saturated carbocycles. The highest BCUT2D eigenvalue weighted by molar-refractivity contribution is 7.10. The van der Waals surface area contributed by atoms with Crippen molar-refractivity contribution in [3.05, 3.63) is 44.0 Å². The van der Waals surface area contributed by atoms with Crippen LogP contribution in [0.15, 0.2) is 28.5 Å². The van der Waals surface area contributed by atoms with Gasteiger partial charge in [0.1, 0.15) is 12.2 Å². The van der Waals surface area contributed by atoms with Crippen LogP contribution in [0.3, 0.4) is 0 Å². The van der Waals surface area contributed by atoms with Crippen LogP contribution in [-0.4, -0.2) is 9.78 Å². The van der Waals surface area contributed by atoms with E-state index in [1.54, 1.807) is 11.3 Å². The summed E-state index contributed by atoms with van der Waals surface area (Å²) in [6.07, 6.45) is 6.61. The molecule has 19 heavy (non-hydrogen) atoms. The fraction of sp³-hybridized carbons (Fsp3) is 0.231. The smallest absolute Gasteiger partial charge is 0.292 e. The van der Waals surface area contributed by atoms with Crippen molar-refractivity contribution in [2.24, 2.45) is 0 Å². The third-order valence-corrected chi connectivity index (χ3v) is 3.91. The average molecular weight is 294 g/mol. The molecular formula is C13H12ClN3OS. The van der Waals surface area contributed by atoms with Crippen LogP contribution < -0.4 is 10.9 Å². The van der Waals surface area contributed by atoms with E-state index >= 15 is 0 Å². The van der Waals surface area contributed by atoms with E-state index in [1.165, 1.54) is 10.9 Å². The van der Waals surface area contributed by atoms with Crippen molar-refractivity contribution >= 4 is 28.6 Å². The highest BCUT2D eigenvalue weighted by atomic mass is 35.5. The molecular weight excluding hydrogens is 282 g/mol. The maximum absolute atomic E-state index is 12.1. The van der Waals surface area contributed by atoms with Crippen molar-refractivity contribution in [1.29, 1.82) is 0 Å². The normalized spacial score (nSPS) is 11.8. The maximum Gasteiger partial charge on any atom is 0.292 e. The lowest BCUT2D eigenvalue weighted by atomic mass is 10.2. The van der Waals surface area contributed by atoms with Crippen LogP contribution in [0.4, 0.5) is 5.69 Å². The van der Waals surface area contributed by atoms with E-state index in [9.17, 15) is 4.79 Å². The van der Waals surface area contributed by atoms with Crippen LogP contribution in [0.25, 0.3) is 0 Å². The lowest BCUT2D eigenvalue weighted by molar-refractivity contribution is 0.662. The fourth-order valence-electron chi connectivity index (χ4n) is 1.62. The van der Waals surface area contributed by atoms with Crippen molar-refractivity contribution in [2.45, 2.75) is 19.5 Å². The van der Waals surface area contributed by atoms with E-state index in [1.807, 2.05) is 24.4 Å². The van der Waals surface area contributed by atoms with Gasteiger partial charge in [-0.3, -0.25) is 4.79 Å². The summed E-state index contributed by atoms with van der Waals surface area (Å²) in [6, 6.07) is 3.95. The molecule has 0 bridgehead atoms. The van der Waals surface area contributed by atoms with Crippen molar-refractivity contribution in [1.82, 2.24) is 9.78 Å². The van der Waals surface area contributed by atoms with E-state index < -0.39 is 0 Å². The Labute approximate surface area is 120 Å². The molecule has 0 aromatic carbocycles. The van der Waals surface area contributed by atoms with Crippen molar-refractivity contribution in [3.8, 4) is 12.3 Å². The molecule has 0 saturated heterocycles. The van der Waals surface area contributed by atoms with Gasteiger partial charge >= 0.3 is 0 Å². The third kappa shape index (κ3) is 2.98. The monoisotopic (exact) mass is 293 g/mol. The van der Waals surface area contributed by atoms with Gasteiger partial charge in [0.25, 0.3) is 5.56 Å². The molecule has 0 aliphatic carbocycles. The number of halogens is 1. The summed E-state index contributed by atoms with van der Waals surface area (Å²) < 4.78 is 1.20. The van der Waals surface area contributed by atoms with Crippen LogP contribution in [0, 0.1) is 12.3 Å². The molecule has 0 aliphatic rings. The first-order valence-electron chi connectivity index (χ1n) is 5.62. The number of nitrogens with one attached hydrogen (secondary N) is 1. The topological polar surface area (TPSA) is 46.9 Å². The van der Waals surface area contributed by atoms with Crippen LogP contribution in [-0.2, 0) is 6.54 Å². The number of thiophene rings is 1. The first-order chi connectivity index (χ1) is 9.13. The summed E-state index contributed by atoms with van der Waals surface area (Å²) in [5.74, 6) is 2.38. The minimum atomic E-state index is -0.311. The second-order valence-corrected chi connectivity index (χ2v) is 5.30. The highest BCUT2D eigenvalue weighted by Gasteiger charge is 2.13. The first-order valence-corrected chi connectivity index (χ1v) is 6.88. The Morgan fingerprint density at radius 3 is 3.11 bits per heavy atom. The van der Waals surface area contributed by atoms with Gasteiger partial charge in [-0.1, -0.05) is 23.6 Å². The number of rotatable bonds is 4. The van der Waals surface area contributed by atoms with Gasteiger partial charge in [0, 0.05) is 4.88 Å². The summed E-state index contributed by atoms with van der Waals surface area (Å²) in [5, 5.41) is 9.28. The van der Waals surface area contributed by atoms with E-state index in [0.717, 1.165) is 4.88 Å². The van der Waals surface area contributed by atoms with E-state index in [0.29, 0.717) is 10.7 Å². The molecule has 2 aromatic heterocycles. The van der Waals surface area contributed by atoms with Crippen LogP contribution in [0.5, 0.6) is 0 Å². The zero-order valence-electron chi connectivity index (χ0n) is 10.3. The Morgan fingerprint density at radius 1 is 1.68 bits per heavy atom. The maximum atomic E-state index is 12.1. The summed E-state index contributed by atoms with van der Waals surface area (Å²) in [6.45, 7) is 2.09. The molecule has 98 valence electrons. The van der Waals surface area contributed by atoms with E-state index in [2.05, 4.69) is 16.3 Å². The Morgan fingerprint density at radius 2 is 2.47 bits per heavy atom. The zero-order valence-corrected chi connectivity index (χ0v) is 11.8. The molecule has 6 heteroatoms. The Hall–Kier alpha value is -1.77. The zero-order chi connectivity index (χ0) is 13.8. The Balaban J connectivity index is 2.32. The third-order valence-electron chi connectivity index (χ3n) is 2.57. The van der Waals surface area contributed by atoms with Crippen molar-refractivity contribution in [2.75, 3.05) is 5.32 Å². The van der Waals surface area contributed by atoms with E-state index in [-0.39, 0.29) is 18.1 Å². The van der Waals surface area contributed by atoms with Gasteiger partial charge in [-0.05, 0) is 18.4 Å².